The highest BCUT2D eigenvalue weighted by Gasteiger charge is 2.46. The summed E-state index contributed by atoms with van der Waals surface area (Å²) in [6.07, 6.45) is 1.84. The Balaban J connectivity index is 1.64. The molecule has 0 saturated heterocycles. The Bertz CT molecular complexity index is 907. The zero-order valence-electron chi connectivity index (χ0n) is 16.7. The lowest BCUT2D eigenvalue weighted by Gasteiger charge is -2.19. The van der Waals surface area contributed by atoms with Gasteiger partial charge in [0.15, 0.2) is 0 Å². The molecule has 2 heterocycles. The van der Waals surface area contributed by atoms with Crippen LogP contribution in [0.4, 0.5) is 16.3 Å². The molecule has 148 valence electrons. The van der Waals surface area contributed by atoms with Crippen LogP contribution in [0.15, 0.2) is 24.4 Å². The molecule has 0 radical (unpaired) electrons. The molecule has 2 aromatic heterocycles. The van der Waals surface area contributed by atoms with E-state index in [-0.39, 0.29) is 17.7 Å². The van der Waals surface area contributed by atoms with Gasteiger partial charge in [-0.3, -0.25) is 10.1 Å². The van der Waals surface area contributed by atoms with Crippen LogP contribution in [-0.2, 0) is 9.53 Å². The minimum atomic E-state index is -0.607. The predicted octanol–water partition coefficient (Wildman–Crippen LogP) is 3.58. The van der Waals surface area contributed by atoms with Crippen LogP contribution in [0.25, 0.3) is 0 Å². The Hall–Kier alpha value is -3.03. The van der Waals surface area contributed by atoms with E-state index in [1.807, 2.05) is 13.0 Å². The van der Waals surface area contributed by atoms with E-state index in [0.717, 1.165) is 12.1 Å². The third kappa shape index (κ3) is 5.25. The van der Waals surface area contributed by atoms with E-state index in [9.17, 15) is 9.59 Å². The molecule has 1 aliphatic rings. The standard InChI is InChI=1S/C20H25N5O3/c1-11-6-7-21-17(23-11)14-10-15(14)18(26)24-13-8-12(2)22-16(9-13)25-19(27)28-20(3,4)5/h6-9,14-15H,10H2,1-5H3,(H2,22,24,25,26,27)/t14-,15-/m0/s1. The summed E-state index contributed by atoms with van der Waals surface area (Å²) in [4.78, 5) is 37.5. The van der Waals surface area contributed by atoms with Crippen molar-refractivity contribution in [3.63, 3.8) is 0 Å². The number of aryl methyl sites for hydroxylation is 2. The number of pyridine rings is 1. The first-order valence-corrected chi connectivity index (χ1v) is 9.20. The highest BCUT2D eigenvalue weighted by atomic mass is 16.6. The SMILES string of the molecule is Cc1cc(NC(=O)[C@H]2C[C@@H]2c2nccc(C)n2)cc(NC(=O)OC(C)(C)C)n1. The maximum absolute atomic E-state index is 12.6. The van der Waals surface area contributed by atoms with Gasteiger partial charge in [-0.2, -0.15) is 0 Å². The van der Waals surface area contributed by atoms with Gasteiger partial charge in [0, 0.05) is 41.2 Å². The number of rotatable bonds is 4. The fourth-order valence-corrected chi connectivity index (χ4v) is 2.86. The zero-order chi connectivity index (χ0) is 20.5. The molecule has 0 bridgehead atoms. The molecule has 28 heavy (non-hydrogen) atoms. The number of anilines is 2. The first-order valence-electron chi connectivity index (χ1n) is 9.20. The van der Waals surface area contributed by atoms with E-state index in [1.165, 1.54) is 0 Å². The predicted molar refractivity (Wildman–Crippen MR) is 105 cm³/mol. The van der Waals surface area contributed by atoms with Gasteiger partial charge in [-0.05, 0) is 53.2 Å². The van der Waals surface area contributed by atoms with Gasteiger partial charge in [-0.1, -0.05) is 0 Å². The molecule has 2 aromatic rings. The number of carbonyl (C=O) groups excluding carboxylic acids is 2. The molecular weight excluding hydrogens is 358 g/mol. The Morgan fingerprint density at radius 1 is 1.11 bits per heavy atom. The molecule has 0 aliphatic heterocycles. The fourth-order valence-electron chi connectivity index (χ4n) is 2.86. The highest BCUT2D eigenvalue weighted by molar-refractivity contribution is 5.96. The number of hydrogen-bond donors (Lipinski definition) is 2. The number of carbonyl (C=O) groups is 2. The van der Waals surface area contributed by atoms with Crippen LogP contribution in [0.2, 0.25) is 0 Å². The Kier molecular flexibility index (Phi) is 5.31. The number of hydrogen-bond acceptors (Lipinski definition) is 6. The maximum atomic E-state index is 12.6. The number of nitrogens with zero attached hydrogens (tertiary/aromatic N) is 3. The van der Waals surface area contributed by atoms with Crippen molar-refractivity contribution in [1.29, 1.82) is 0 Å². The second kappa shape index (κ2) is 7.53. The molecule has 0 spiro atoms. The molecular formula is C20H25N5O3. The van der Waals surface area contributed by atoms with Gasteiger partial charge in [0.25, 0.3) is 0 Å². The van der Waals surface area contributed by atoms with Crippen molar-refractivity contribution in [2.45, 2.75) is 52.6 Å². The molecule has 8 nitrogen and oxygen atoms in total. The molecule has 2 N–H and O–H groups in total. The molecule has 0 unspecified atom stereocenters. The normalized spacial score (nSPS) is 18.3. The Morgan fingerprint density at radius 2 is 1.86 bits per heavy atom. The molecule has 0 aromatic carbocycles. The minimum Gasteiger partial charge on any atom is -0.444 e. The van der Waals surface area contributed by atoms with Gasteiger partial charge in [-0.25, -0.2) is 19.7 Å². The van der Waals surface area contributed by atoms with Crippen LogP contribution in [-0.4, -0.2) is 32.6 Å². The van der Waals surface area contributed by atoms with Crippen molar-refractivity contribution in [2.24, 2.45) is 5.92 Å². The number of aromatic nitrogens is 3. The Morgan fingerprint density at radius 3 is 2.54 bits per heavy atom. The van der Waals surface area contributed by atoms with Crippen LogP contribution in [0.1, 0.15) is 50.3 Å². The summed E-state index contributed by atoms with van der Waals surface area (Å²) in [6.45, 7) is 9.04. The smallest absolute Gasteiger partial charge is 0.413 e. The summed E-state index contributed by atoms with van der Waals surface area (Å²) < 4.78 is 5.23. The lowest BCUT2D eigenvalue weighted by molar-refractivity contribution is -0.117. The maximum Gasteiger partial charge on any atom is 0.413 e. The first-order chi connectivity index (χ1) is 13.1. The van der Waals surface area contributed by atoms with Gasteiger partial charge < -0.3 is 10.1 Å². The highest BCUT2D eigenvalue weighted by Crippen LogP contribution is 2.46. The van der Waals surface area contributed by atoms with Gasteiger partial charge >= 0.3 is 6.09 Å². The van der Waals surface area contributed by atoms with Crippen LogP contribution in [0, 0.1) is 19.8 Å². The summed E-state index contributed by atoms with van der Waals surface area (Å²) in [6, 6.07) is 5.19. The van der Waals surface area contributed by atoms with Crippen molar-refractivity contribution < 1.29 is 14.3 Å². The van der Waals surface area contributed by atoms with Crippen molar-refractivity contribution in [3.05, 3.63) is 41.6 Å². The van der Waals surface area contributed by atoms with E-state index in [0.29, 0.717) is 23.0 Å². The molecule has 1 saturated carbocycles. The van der Waals surface area contributed by atoms with Gasteiger partial charge in [0.05, 0.1) is 0 Å². The van der Waals surface area contributed by atoms with E-state index in [1.54, 1.807) is 46.0 Å². The third-order valence-corrected chi connectivity index (χ3v) is 4.12. The minimum absolute atomic E-state index is 0.0437. The number of ether oxygens (including phenoxy) is 1. The Labute approximate surface area is 164 Å². The van der Waals surface area contributed by atoms with Gasteiger partial charge in [0.2, 0.25) is 5.91 Å². The third-order valence-electron chi connectivity index (χ3n) is 4.12. The lowest BCUT2D eigenvalue weighted by atomic mass is 10.2. The topological polar surface area (TPSA) is 106 Å². The van der Waals surface area contributed by atoms with Crippen LogP contribution in [0.5, 0.6) is 0 Å². The summed E-state index contributed by atoms with van der Waals surface area (Å²) in [5.41, 5.74) is 1.51. The van der Waals surface area contributed by atoms with Crippen molar-refractivity contribution in [2.75, 3.05) is 10.6 Å². The lowest BCUT2D eigenvalue weighted by Crippen LogP contribution is -2.27. The van der Waals surface area contributed by atoms with E-state index in [4.69, 9.17) is 4.74 Å². The summed E-state index contributed by atoms with van der Waals surface area (Å²) in [5, 5.41) is 5.49. The monoisotopic (exact) mass is 383 g/mol. The average molecular weight is 383 g/mol. The van der Waals surface area contributed by atoms with Gasteiger partial charge in [-0.15, -0.1) is 0 Å². The number of amides is 2. The first kappa shape index (κ1) is 19.7. The van der Waals surface area contributed by atoms with Crippen molar-refractivity contribution >= 4 is 23.5 Å². The molecule has 1 aliphatic carbocycles. The van der Waals surface area contributed by atoms with E-state index < -0.39 is 11.7 Å². The molecule has 8 heteroatoms. The van der Waals surface area contributed by atoms with Crippen molar-refractivity contribution in [3.8, 4) is 0 Å². The largest absolute Gasteiger partial charge is 0.444 e. The zero-order valence-corrected chi connectivity index (χ0v) is 16.7. The van der Waals surface area contributed by atoms with Crippen LogP contribution in [0.3, 0.4) is 0 Å². The van der Waals surface area contributed by atoms with E-state index >= 15 is 0 Å². The molecule has 3 rings (SSSR count). The summed E-state index contributed by atoms with van der Waals surface area (Å²) in [7, 11) is 0. The van der Waals surface area contributed by atoms with Gasteiger partial charge in [0.1, 0.15) is 17.2 Å². The second-order valence-electron chi connectivity index (χ2n) is 8.00. The summed E-state index contributed by atoms with van der Waals surface area (Å²) >= 11 is 0. The molecule has 2 atom stereocenters. The fraction of sp³-hybridized carbons (Fsp3) is 0.450. The number of nitrogens with one attached hydrogen (secondary N) is 2. The van der Waals surface area contributed by atoms with Crippen LogP contribution >= 0.6 is 0 Å². The summed E-state index contributed by atoms with van der Waals surface area (Å²) in [5.74, 6) is 0.820. The quantitative estimate of drug-likeness (QED) is 0.836. The van der Waals surface area contributed by atoms with E-state index in [2.05, 4.69) is 25.6 Å². The van der Waals surface area contributed by atoms with Crippen LogP contribution < -0.4 is 10.6 Å². The van der Waals surface area contributed by atoms with Crippen molar-refractivity contribution in [1.82, 2.24) is 15.0 Å². The second-order valence-corrected chi connectivity index (χ2v) is 8.00. The molecule has 2 amide bonds. The average Bonchev–Trinajstić information content (AvgIpc) is 3.33. The molecule has 1 fully saturated rings.